The molecule has 2 aromatic carbocycles. The first kappa shape index (κ1) is 29.4. The van der Waals surface area contributed by atoms with Crippen LogP contribution in [0.3, 0.4) is 0 Å². The highest BCUT2D eigenvalue weighted by Crippen LogP contribution is 2.39. The van der Waals surface area contributed by atoms with Crippen LogP contribution in [-0.2, 0) is 26.1 Å². The van der Waals surface area contributed by atoms with Crippen LogP contribution in [0.15, 0.2) is 83.1 Å². The van der Waals surface area contributed by atoms with Crippen LogP contribution in [0, 0.1) is 5.92 Å². The van der Waals surface area contributed by atoms with Gasteiger partial charge in [-0.05, 0) is 74.8 Å². The topological polar surface area (TPSA) is 79.0 Å². The molecule has 3 aromatic rings. The molecular weight excluding hydrogens is 530 g/mol. The van der Waals surface area contributed by atoms with Gasteiger partial charge in [-0.25, -0.2) is 8.42 Å². The van der Waals surface area contributed by atoms with E-state index in [-0.39, 0.29) is 43.1 Å². The van der Waals surface area contributed by atoms with Gasteiger partial charge < -0.3 is 15.0 Å². The average molecular weight is 570 g/mol. The summed E-state index contributed by atoms with van der Waals surface area (Å²) in [5, 5.41) is 5.25. The van der Waals surface area contributed by atoms with Crippen molar-refractivity contribution >= 4 is 27.3 Å². The van der Waals surface area contributed by atoms with Crippen molar-refractivity contribution in [3.63, 3.8) is 0 Å². The Bertz CT molecular complexity index is 1240. The van der Waals surface area contributed by atoms with Crippen LogP contribution in [-0.4, -0.2) is 63.4 Å². The Balaban J connectivity index is 1.25. The SMILES string of the molecule is CN(C)C(c1cccs1)C1CCC(NC(=O)COCCN(Cc2ccccc2)S(=O)(=O)c2ccccc2)CC1. The highest BCUT2D eigenvalue weighted by atomic mass is 32.2. The van der Waals surface area contributed by atoms with E-state index in [9.17, 15) is 13.2 Å². The van der Waals surface area contributed by atoms with Gasteiger partial charge in [-0.15, -0.1) is 11.3 Å². The van der Waals surface area contributed by atoms with Gasteiger partial charge in [0.2, 0.25) is 15.9 Å². The fraction of sp³-hybridized carbons (Fsp3) is 0.433. The van der Waals surface area contributed by atoms with E-state index in [0.717, 1.165) is 31.2 Å². The van der Waals surface area contributed by atoms with E-state index >= 15 is 0 Å². The number of ether oxygens (including phenoxy) is 1. The normalized spacial score (nSPS) is 18.8. The van der Waals surface area contributed by atoms with Crippen molar-refractivity contribution < 1.29 is 17.9 Å². The maximum atomic E-state index is 13.3. The standard InChI is InChI=1S/C30H39N3O4S2/c1-32(2)30(28-14-9-21-38-28)25-15-17-26(18-16-25)31-29(34)23-37-20-19-33(22-24-10-5-3-6-11-24)39(35,36)27-12-7-4-8-13-27/h3-14,21,25-26,30H,15-20,22-23H2,1-2H3,(H,31,34). The van der Waals surface area contributed by atoms with Crippen molar-refractivity contribution in [2.24, 2.45) is 5.92 Å². The Hall–Kier alpha value is -2.56. The summed E-state index contributed by atoms with van der Waals surface area (Å²) >= 11 is 1.81. The molecule has 39 heavy (non-hydrogen) atoms. The van der Waals surface area contributed by atoms with Gasteiger partial charge in [-0.3, -0.25) is 4.79 Å². The van der Waals surface area contributed by atoms with Gasteiger partial charge in [0.25, 0.3) is 0 Å². The molecular formula is C30H39N3O4S2. The van der Waals surface area contributed by atoms with Crippen LogP contribution in [0.2, 0.25) is 0 Å². The minimum Gasteiger partial charge on any atom is -0.370 e. The number of carbonyl (C=O) groups is 1. The maximum Gasteiger partial charge on any atom is 0.246 e. The average Bonchev–Trinajstić information content (AvgIpc) is 3.46. The van der Waals surface area contributed by atoms with Gasteiger partial charge >= 0.3 is 0 Å². The van der Waals surface area contributed by atoms with E-state index in [4.69, 9.17) is 4.74 Å². The number of amides is 1. The molecule has 1 fully saturated rings. The lowest BCUT2D eigenvalue weighted by Crippen LogP contribution is -2.41. The number of nitrogens with zero attached hydrogens (tertiary/aromatic N) is 2. The number of sulfonamides is 1. The largest absolute Gasteiger partial charge is 0.370 e. The second kappa shape index (κ2) is 14.2. The summed E-state index contributed by atoms with van der Waals surface area (Å²) in [6.07, 6.45) is 4.04. The molecule has 0 bridgehead atoms. The summed E-state index contributed by atoms with van der Waals surface area (Å²) in [6, 6.07) is 22.8. The van der Waals surface area contributed by atoms with Crippen molar-refractivity contribution in [2.75, 3.05) is 33.9 Å². The van der Waals surface area contributed by atoms with Gasteiger partial charge in [0.15, 0.2) is 0 Å². The molecule has 1 saturated carbocycles. The van der Waals surface area contributed by atoms with Crippen LogP contribution in [0.4, 0.5) is 0 Å². The molecule has 1 aromatic heterocycles. The van der Waals surface area contributed by atoms with E-state index < -0.39 is 10.0 Å². The molecule has 210 valence electrons. The third-order valence-corrected chi connectivity index (χ3v) is 10.1. The molecule has 1 aliphatic rings. The Morgan fingerprint density at radius 3 is 2.26 bits per heavy atom. The Morgan fingerprint density at radius 1 is 0.974 bits per heavy atom. The molecule has 9 heteroatoms. The van der Waals surface area contributed by atoms with E-state index in [1.54, 1.807) is 30.3 Å². The van der Waals surface area contributed by atoms with Crippen LogP contribution >= 0.6 is 11.3 Å². The van der Waals surface area contributed by atoms with Crippen LogP contribution in [0.25, 0.3) is 0 Å². The molecule has 4 rings (SSSR count). The van der Waals surface area contributed by atoms with E-state index in [1.807, 2.05) is 41.7 Å². The van der Waals surface area contributed by atoms with Gasteiger partial charge in [-0.1, -0.05) is 54.6 Å². The minimum absolute atomic E-state index is 0.0833. The summed E-state index contributed by atoms with van der Waals surface area (Å²) in [7, 11) is 0.574. The van der Waals surface area contributed by atoms with E-state index in [2.05, 4.69) is 41.8 Å². The van der Waals surface area contributed by atoms with E-state index in [1.165, 1.54) is 9.18 Å². The fourth-order valence-electron chi connectivity index (χ4n) is 5.36. The monoisotopic (exact) mass is 569 g/mol. The molecule has 7 nitrogen and oxygen atoms in total. The van der Waals surface area contributed by atoms with Crippen LogP contribution < -0.4 is 5.32 Å². The third kappa shape index (κ3) is 8.22. The number of nitrogens with one attached hydrogen (secondary N) is 1. The van der Waals surface area contributed by atoms with Gasteiger partial charge in [0.1, 0.15) is 6.61 Å². The number of benzene rings is 2. The quantitative estimate of drug-likeness (QED) is 0.295. The van der Waals surface area contributed by atoms with Crippen molar-refractivity contribution in [3.05, 3.63) is 88.6 Å². The van der Waals surface area contributed by atoms with Gasteiger partial charge in [0, 0.05) is 30.1 Å². The molecule has 0 aliphatic heterocycles. The molecule has 0 spiro atoms. The van der Waals surface area contributed by atoms with Gasteiger partial charge in [-0.2, -0.15) is 4.31 Å². The molecule has 1 atom stereocenters. The minimum atomic E-state index is -3.71. The zero-order valence-corrected chi connectivity index (χ0v) is 24.4. The summed E-state index contributed by atoms with van der Waals surface area (Å²) in [6.45, 7) is 0.430. The first-order valence-electron chi connectivity index (χ1n) is 13.5. The molecule has 0 saturated heterocycles. The van der Waals surface area contributed by atoms with Crippen molar-refractivity contribution in [1.82, 2.24) is 14.5 Å². The summed E-state index contributed by atoms with van der Waals surface area (Å²) < 4.78 is 33.7. The summed E-state index contributed by atoms with van der Waals surface area (Å²) in [5.41, 5.74) is 0.890. The van der Waals surface area contributed by atoms with Crippen LogP contribution in [0.1, 0.15) is 42.2 Å². The predicted octanol–water partition coefficient (Wildman–Crippen LogP) is 4.93. The molecule has 0 radical (unpaired) electrons. The fourth-order valence-corrected chi connectivity index (χ4v) is 7.81. The van der Waals surface area contributed by atoms with Crippen molar-refractivity contribution in [1.29, 1.82) is 0 Å². The second-order valence-corrected chi connectivity index (χ2v) is 13.2. The van der Waals surface area contributed by atoms with Crippen LogP contribution in [0.5, 0.6) is 0 Å². The zero-order valence-electron chi connectivity index (χ0n) is 22.7. The van der Waals surface area contributed by atoms with Crippen molar-refractivity contribution in [2.45, 2.75) is 49.2 Å². The predicted molar refractivity (Wildman–Crippen MR) is 156 cm³/mol. The molecule has 1 heterocycles. The third-order valence-electron chi connectivity index (χ3n) is 7.28. The van der Waals surface area contributed by atoms with E-state index in [0.29, 0.717) is 12.0 Å². The highest BCUT2D eigenvalue weighted by molar-refractivity contribution is 7.89. The maximum absolute atomic E-state index is 13.3. The highest BCUT2D eigenvalue weighted by Gasteiger charge is 2.31. The zero-order chi connectivity index (χ0) is 27.7. The molecule has 1 unspecified atom stereocenters. The summed E-state index contributed by atoms with van der Waals surface area (Å²) in [5.74, 6) is 0.423. The molecule has 1 amide bonds. The number of hydrogen-bond donors (Lipinski definition) is 1. The lowest BCUT2D eigenvalue weighted by molar-refractivity contribution is -0.126. The lowest BCUT2D eigenvalue weighted by Gasteiger charge is -2.37. The number of hydrogen-bond acceptors (Lipinski definition) is 6. The lowest BCUT2D eigenvalue weighted by atomic mass is 9.80. The first-order valence-corrected chi connectivity index (χ1v) is 15.8. The number of rotatable bonds is 13. The smallest absolute Gasteiger partial charge is 0.246 e. The molecule has 1 aliphatic carbocycles. The first-order chi connectivity index (χ1) is 18.8. The Morgan fingerprint density at radius 2 is 1.64 bits per heavy atom. The summed E-state index contributed by atoms with van der Waals surface area (Å²) in [4.78, 5) is 16.5. The number of thiophene rings is 1. The Labute approximate surface area is 236 Å². The van der Waals surface area contributed by atoms with Crippen molar-refractivity contribution in [3.8, 4) is 0 Å². The van der Waals surface area contributed by atoms with Gasteiger partial charge in [0.05, 0.1) is 11.5 Å². The second-order valence-electron chi connectivity index (χ2n) is 10.3. The number of carbonyl (C=O) groups excluding carboxylic acids is 1. The molecule has 1 N–H and O–H groups in total. The Kier molecular flexibility index (Phi) is 10.7.